The largest absolute Gasteiger partial charge is 0.315 e. The zero-order valence-electron chi connectivity index (χ0n) is 16.7. The molecule has 0 spiro atoms. The number of hydrogen-bond donors (Lipinski definition) is 2. The lowest BCUT2D eigenvalue weighted by Gasteiger charge is -2.28. The first-order chi connectivity index (χ1) is 12.3. The summed E-state index contributed by atoms with van der Waals surface area (Å²) in [5, 5.41) is 6.90. The molecule has 1 aromatic carbocycles. The first kappa shape index (κ1) is 22.8. The van der Waals surface area contributed by atoms with E-state index in [9.17, 15) is 4.21 Å². The molecule has 0 aliphatic rings. The second-order valence-electron chi connectivity index (χ2n) is 7.91. The van der Waals surface area contributed by atoms with Gasteiger partial charge in [-0.2, -0.15) is 0 Å². The van der Waals surface area contributed by atoms with Crippen LogP contribution >= 0.6 is 0 Å². The van der Waals surface area contributed by atoms with Gasteiger partial charge in [-0.3, -0.25) is 4.21 Å². The number of rotatable bonds is 12. The average molecular weight is 377 g/mol. The van der Waals surface area contributed by atoms with E-state index < -0.39 is 9.52 Å². The van der Waals surface area contributed by atoms with Gasteiger partial charge in [0, 0.05) is 30.0 Å². The van der Waals surface area contributed by atoms with Crippen molar-refractivity contribution in [2.75, 3.05) is 31.9 Å². The van der Waals surface area contributed by atoms with Crippen molar-refractivity contribution < 1.29 is 4.21 Å². The molecule has 26 heavy (non-hydrogen) atoms. The molecule has 2 atom stereocenters. The Labute approximate surface area is 161 Å². The molecule has 3 nitrogen and oxygen atoms in total. The standard InChI is InChI=1S/C22H36N2OS/c1-6-7-11-14-23-15-16-24-18-21(17-20-12-9-8-10-13-20)19-26(5,25)22(2,3)4/h1,8-10,12-13,21,23-24H,5,7,11,14-19H2,2-4H3/t21-,26?/m0/s1. The maximum Gasteiger partial charge on any atom is 0.0299 e. The topological polar surface area (TPSA) is 41.1 Å². The first-order valence-electron chi connectivity index (χ1n) is 9.49. The summed E-state index contributed by atoms with van der Waals surface area (Å²) in [6.07, 6.45) is 8.01. The molecule has 1 rings (SSSR count). The predicted molar refractivity (Wildman–Crippen MR) is 117 cm³/mol. The van der Waals surface area contributed by atoms with E-state index in [0.29, 0.717) is 11.7 Å². The highest BCUT2D eigenvalue weighted by Crippen LogP contribution is 2.20. The van der Waals surface area contributed by atoms with Crippen LogP contribution in [0.2, 0.25) is 0 Å². The highest BCUT2D eigenvalue weighted by Gasteiger charge is 2.26. The minimum absolute atomic E-state index is 0.277. The van der Waals surface area contributed by atoms with Gasteiger partial charge in [0.2, 0.25) is 0 Å². The molecular formula is C22H36N2OS. The zero-order chi connectivity index (χ0) is 19.5. The lowest BCUT2D eigenvalue weighted by Crippen LogP contribution is -2.38. The highest BCUT2D eigenvalue weighted by molar-refractivity contribution is 8.01. The summed E-state index contributed by atoms with van der Waals surface area (Å²) < 4.78 is 12.8. The third kappa shape index (κ3) is 8.89. The zero-order valence-corrected chi connectivity index (χ0v) is 17.5. The Hall–Kier alpha value is -1.28. The van der Waals surface area contributed by atoms with Gasteiger partial charge in [0.1, 0.15) is 0 Å². The van der Waals surface area contributed by atoms with Crippen molar-refractivity contribution in [3.63, 3.8) is 0 Å². The smallest absolute Gasteiger partial charge is 0.0299 e. The molecule has 0 aliphatic heterocycles. The molecular weight excluding hydrogens is 340 g/mol. The van der Waals surface area contributed by atoms with Crippen LogP contribution in [0.1, 0.15) is 39.2 Å². The van der Waals surface area contributed by atoms with Crippen molar-refractivity contribution in [1.29, 1.82) is 0 Å². The van der Waals surface area contributed by atoms with Crippen molar-refractivity contribution in [3.8, 4) is 12.3 Å². The Bertz CT molecular complexity index is 639. The van der Waals surface area contributed by atoms with E-state index in [1.807, 2.05) is 26.8 Å². The lowest BCUT2D eigenvalue weighted by molar-refractivity contribution is 0.499. The van der Waals surface area contributed by atoms with Crippen LogP contribution in [0.3, 0.4) is 0 Å². The Kier molecular flexibility index (Phi) is 10.0. The van der Waals surface area contributed by atoms with Crippen molar-refractivity contribution in [2.45, 2.75) is 44.8 Å². The number of unbranched alkanes of at least 4 members (excludes halogenated alkanes) is 1. The van der Waals surface area contributed by atoms with Gasteiger partial charge >= 0.3 is 0 Å². The van der Waals surface area contributed by atoms with Crippen LogP contribution < -0.4 is 10.6 Å². The van der Waals surface area contributed by atoms with Crippen molar-refractivity contribution >= 4 is 15.4 Å². The summed E-state index contributed by atoms with van der Waals surface area (Å²) in [5.41, 5.74) is 1.29. The third-order valence-corrected chi connectivity index (χ3v) is 7.82. The van der Waals surface area contributed by atoms with E-state index in [1.54, 1.807) is 0 Å². The first-order valence-corrected chi connectivity index (χ1v) is 11.4. The molecule has 4 heteroatoms. The van der Waals surface area contributed by atoms with E-state index in [4.69, 9.17) is 6.42 Å². The minimum atomic E-state index is -2.15. The van der Waals surface area contributed by atoms with E-state index in [-0.39, 0.29) is 4.75 Å². The summed E-state index contributed by atoms with van der Waals surface area (Å²) in [4.78, 5) is 0. The third-order valence-electron chi connectivity index (χ3n) is 4.57. The summed E-state index contributed by atoms with van der Waals surface area (Å²) in [6, 6.07) is 10.4. The van der Waals surface area contributed by atoms with Crippen LogP contribution in [-0.2, 0) is 15.9 Å². The normalized spacial score (nSPS) is 15.2. The number of benzene rings is 1. The van der Waals surface area contributed by atoms with Gasteiger partial charge in [0.25, 0.3) is 0 Å². The summed E-state index contributed by atoms with van der Waals surface area (Å²) in [6.45, 7) is 9.69. The molecule has 0 aromatic heterocycles. The van der Waals surface area contributed by atoms with Gasteiger partial charge < -0.3 is 10.6 Å². The van der Waals surface area contributed by atoms with Gasteiger partial charge in [-0.1, -0.05) is 30.3 Å². The molecule has 0 radical (unpaired) electrons. The molecule has 146 valence electrons. The molecule has 0 bridgehead atoms. The molecule has 0 heterocycles. The van der Waals surface area contributed by atoms with Gasteiger partial charge in [-0.05, 0) is 73.6 Å². The van der Waals surface area contributed by atoms with Crippen LogP contribution in [0.15, 0.2) is 30.3 Å². The minimum Gasteiger partial charge on any atom is -0.315 e. The van der Waals surface area contributed by atoms with E-state index in [0.717, 1.165) is 45.4 Å². The van der Waals surface area contributed by atoms with E-state index >= 15 is 0 Å². The maximum absolute atomic E-state index is 13.1. The maximum atomic E-state index is 13.1. The Balaban J connectivity index is 2.52. The van der Waals surface area contributed by atoms with E-state index in [2.05, 4.69) is 46.7 Å². The number of terminal acetylenes is 1. The fourth-order valence-corrected chi connectivity index (χ4v) is 4.19. The quantitative estimate of drug-likeness (QED) is 0.335. The molecule has 0 saturated carbocycles. The number of hydrogen-bond acceptors (Lipinski definition) is 3. The molecule has 0 fully saturated rings. The lowest BCUT2D eigenvalue weighted by atomic mass is 10.0. The molecule has 0 aliphatic carbocycles. The van der Waals surface area contributed by atoms with Gasteiger partial charge in [-0.25, -0.2) is 0 Å². The van der Waals surface area contributed by atoms with Gasteiger partial charge in [-0.15, -0.1) is 12.3 Å². The molecule has 0 amide bonds. The van der Waals surface area contributed by atoms with Crippen LogP contribution in [0.25, 0.3) is 0 Å². The fourth-order valence-electron chi connectivity index (χ4n) is 2.69. The van der Waals surface area contributed by atoms with Crippen LogP contribution in [-0.4, -0.2) is 46.8 Å². The molecule has 1 aromatic rings. The summed E-state index contributed by atoms with van der Waals surface area (Å²) >= 11 is 0. The Morgan fingerprint density at radius 2 is 1.81 bits per heavy atom. The van der Waals surface area contributed by atoms with Crippen molar-refractivity contribution in [1.82, 2.24) is 10.6 Å². The molecule has 2 N–H and O–H groups in total. The molecule has 1 unspecified atom stereocenters. The predicted octanol–water partition coefficient (Wildman–Crippen LogP) is 2.95. The van der Waals surface area contributed by atoms with Gasteiger partial charge in [0.05, 0.1) is 0 Å². The van der Waals surface area contributed by atoms with Crippen molar-refractivity contribution in [3.05, 3.63) is 35.9 Å². The SMILES string of the molecule is C#CCCCNCCNC[C@H](Cc1ccccc1)CS(=C)(=O)C(C)(C)C. The van der Waals surface area contributed by atoms with Crippen LogP contribution in [0.4, 0.5) is 0 Å². The highest BCUT2D eigenvalue weighted by atomic mass is 32.2. The Morgan fingerprint density at radius 1 is 1.15 bits per heavy atom. The van der Waals surface area contributed by atoms with Crippen molar-refractivity contribution in [2.24, 2.45) is 5.92 Å². The second kappa shape index (κ2) is 11.4. The Morgan fingerprint density at radius 3 is 2.42 bits per heavy atom. The summed E-state index contributed by atoms with van der Waals surface area (Å²) in [5.74, 6) is 7.69. The summed E-state index contributed by atoms with van der Waals surface area (Å²) in [7, 11) is -2.15. The monoisotopic (exact) mass is 376 g/mol. The van der Waals surface area contributed by atoms with Crippen LogP contribution in [0, 0.1) is 18.3 Å². The van der Waals surface area contributed by atoms with Crippen LogP contribution in [0.5, 0.6) is 0 Å². The molecule has 0 saturated heterocycles. The van der Waals surface area contributed by atoms with Gasteiger partial charge in [0.15, 0.2) is 0 Å². The van der Waals surface area contributed by atoms with E-state index in [1.165, 1.54) is 5.56 Å². The fraction of sp³-hybridized carbons (Fsp3) is 0.591. The average Bonchev–Trinajstić information content (AvgIpc) is 2.56. The second-order valence-corrected chi connectivity index (χ2v) is 11.1. The number of nitrogens with one attached hydrogen (secondary N) is 2.